The summed E-state index contributed by atoms with van der Waals surface area (Å²) in [5.41, 5.74) is -0.689. The van der Waals surface area contributed by atoms with Crippen molar-refractivity contribution in [3.05, 3.63) is 48.4 Å². The summed E-state index contributed by atoms with van der Waals surface area (Å²) in [6, 6.07) is 12.0. The van der Waals surface area contributed by atoms with Gasteiger partial charge in [0.2, 0.25) is 11.8 Å². The summed E-state index contributed by atoms with van der Waals surface area (Å²) in [6.45, 7) is 6.00. The van der Waals surface area contributed by atoms with E-state index in [0.29, 0.717) is 31.9 Å². The third kappa shape index (κ3) is 4.95. The number of anilines is 1. The number of nitrogens with zero attached hydrogens (tertiary/aromatic N) is 4. The highest BCUT2D eigenvalue weighted by atomic mass is 19.1. The normalized spacial score (nSPS) is 21.0. The van der Waals surface area contributed by atoms with Crippen molar-refractivity contribution in [3.8, 4) is 5.88 Å². The van der Waals surface area contributed by atoms with Crippen molar-refractivity contribution in [3.63, 3.8) is 0 Å². The minimum absolute atomic E-state index is 0.0452. The minimum Gasteiger partial charge on any atom is -0.479 e. The zero-order valence-corrected chi connectivity index (χ0v) is 18.5. The molecule has 3 fully saturated rings. The van der Waals surface area contributed by atoms with Crippen molar-refractivity contribution in [2.24, 2.45) is 0 Å². The molecule has 4 heterocycles. The summed E-state index contributed by atoms with van der Waals surface area (Å²) in [4.78, 5) is 24.6. The number of carbonyl (C=O) groups is 1. The monoisotopic (exact) mass is 430 g/mol. The maximum absolute atomic E-state index is 13.4. The molecule has 3 saturated heterocycles. The Labute approximate surface area is 183 Å². The van der Waals surface area contributed by atoms with Gasteiger partial charge in [-0.3, -0.25) is 4.79 Å². The first-order valence-electron chi connectivity index (χ1n) is 10.9. The third-order valence-corrected chi connectivity index (χ3v) is 5.62. The van der Waals surface area contributed by atoms with E-state index in [9.17, 15) is 9.18 Å². The van der Waals surface area contributed by atoms with Crippen molar-refractivity contribution in [1.82, 2.24) is 14.9 Å². The molecular formula is C23H31FN4O3. The quantitative estimate of drug-likeness (QED) is 0.725. The molecule has 1 aromatic heterocycles. The van der Waals surface area contributed by atoms with Crippen LogP contribution in [0.1, 0.15) is 39.5 Å². The van der Waals surface area contributed by atoms with Crippen molar-refractivity contribution in [2.75, 3.05) is 31.6 Å². The molecule has 2 aromatic rings. The molecule has 1 unspecified atom stereocenters. The molecule has 8 heteroatoms. The number of methoxy groups -OCH3 is 1. The van der Waals surface area contributed by atoms with Gasteiger partial charge in [0.25, 0.3) is 11.8 Å². The molecule has 1 amide bonds. The van der Waals surface area contributed by atoms with E-state index < -0.39 is 11.4 Å². The zero-order chi connectivity index (χ0) is 22.3. The van der Waals surface area contributed by atoms with E-state index in [4.69, 9.17) is 9.47 Å². The van der Waals surface area contributed by atoms with Gasteiger partial charge in [-0.2, -0.15) is 9.37 Å². The smallest absolute Gasteiger partial charge is 0.257 e. The predicted octanol–water partition coefficient (Wildman–Crippen LogP) is 3.65. The number of halogens is 1. The Morgan fingerprint density at radius 1 is 1.10 bits per heavy atom. The summed E-state index contributed by atoms with van der Waals surface area (Å²) >= 11 is 0. The van der Waals surface area contributed by atoms with Crippen LogP contribution in [-0.4, -0.2) is 59.3 Å². The van der Waals surface area contributed by atoms with Gasteiger partial charge in [0, 0.05) is 32.5 Å². The highest BCUT2D eigenvalue weighted by Gasteiger charge is 2.55. The molecule has 0 saturated carbocycles. The highest BCUT2D eigenvalue weighted by molar-refractivity contribution is 5.87. The third-order valence-electron chi connectivity index (χ3n) is 5.62. The Balaban J connectivity index is 0.000000291. The molecular weight excluding hydrogens is 399 g/mol. The molecule has 7 nitrogen and oxygen atoms in total. The summed E-state index contributed by atoms with van der Waals surface area (Å²) in [5.74, 6) is -0.106. The standard InChI is InChI=1S/C15H19FN4O3.C6H6.C2H6/c1-22-12-10(16)9-17-14(18-12)19-7-4-15(5-8-19)13(21)20-6-2-3-11(20)23-15;1-2-4-6-5-3-1;1-2/h9,11H,2-8H2,1H3;1-6H;1-2H3. The van der Waals surface area contributed by atoms with Crippen LogP contribution in [0.2, 0.25) is 0 Å². The number of rotatable bonds is 2. The number of amides is 1. The summed E-state index contributed by atoms with van der Waals surface area (Å²) in [5, 5.41) is 0. The first-order valence-corrected chi connectivity index (χ1v) is 10.9. The van der Waals surface area contributed by atoms with Gasteiger partial charge in [0.05, 0.1) is 13.3 Å². The fraction of sp³-hybridized carbons (Fsp3) is 0.522. The van der Waals surface area contributed by atoms with Gasteiger partial charge in [-0.15, -0.1) is 0 Å². The fourth-order valence-electron chi connectivity index (χ4n) is 4.09. The molecule has 0 N–H and O–H groups in total. The van der Waals surface area contributed by atoms with Gasteiger partial charge in [-0.25, -0.2) is 4.98 Å². The van der Waals surface area contributed by atoms with Gasteiger partial charge in [0.1, 0.15) is 6.23 Å². The maximum Gasteiger partial charge on any atom is 0.257 e. The molecule has 0 radical (unpaired) electrons. The second-order valence-electron chi connectivity index (χ2n) is 7.38. The van der Waals surface area contributed by atoms with Crippen LogP contribution in [0.25, 0.3) is 0 Å². The molecule has 3 aliphatic rings. The van der Waals surface area contributed by atoms with E-state index in [2.05, 4.69) is 9.97 Å². The van der Waals surface area contributed by atoms with Crippen LogP contribution in [0.15, 0.2) is 42.6 Å². The molecule has 3 aliphatic heterocycles. The lowest BCUT2D eigenvalue weighted by Gasteiger charge is -2.37. The van der Waals surface area contributed by atoms with E-state index >= 15 is 0 Å². The Hall–Kier alpha value is -2.74. The van der Waals surface area contributed by atoms with Gasteiger partial charge in [-0.1, -0.05) is 50.2 Å². The number of hydrogen-bond donors (Lipinski definition) is 0. The van der Waals surface area contributed by atoms with Gasteiger partial charge < -0.3 is 19.3 Å². The van der Waals surface area contributed by atoms with E-state index in [1.807, 2.05) is 60.0 Å². The Morgan fingerprint density at radius 3 is 2.26 bits per heavy atom. The average Bonchev–Trinajstić information content (AvgIpc) is 3.39. The van der Waals surface area contributed by atoms with Crippen molar-refractivity contribution in [1.29, 1.82) is 0 Å². The van der Waals surface area contributed by atoms with Crippen LogP contribution in [0.4, 0.5) is 10.3 Å². The van der Waals surface area contributed by atoms with E-state index in [1.54, 1.807) is 0 Å². The first kappa shape index (κ1) is 22.9. The van der Waals surface area contributed by atoms with Crippen LogP contribution in [0.3, 0.4) is 0 Å². The minimum atomic E-state index is -0.689. The van der Waals surface area contributed by atoms with Gasteiger partial charge in [0.15, 0.2) is 5.60 Å². The number of piperidine rings is 1. The second kappa shape index (κ2) is 10.5. The maximum atomic E-state index is 13.4. The summed E-state index contributed by atoms with van der Waals surface area (Å²) in [6.07, 6.45) is 4.20. The molecule has 5 rings (SSSR count). The molecule has 31 heavy (non-hydrogen) atoms. The van der Waals surface area contributed by atoms with Crippen LogP contribution < -0.4 is 9.64 Å². The van der Waals surface area contributed by atoms with Crippen LogP contribution >= 0.6 is 0 Å². The Bertz CT molecular complexity index is 817. The van der Waals surface area contributed by atoms with E-state index in [-0.39, 0.29) is 18.0 Å². The van der Waals surface area contributed by atoms with Crippen molar-refractivity contribution in [2.45, 2.75) is 51.4 Å². The highest BCUT2D eigenvalue weighted by Crippen LogP contribution is 2.40. The summed E-state index contributed by atoms with van der Waals surface area (Å²) in [7, 11) is 1.37. The molecule has 1 spiro atoms. The molecule has 168 valence electrons. The van der Waals surface area contributed by atoms with Crippen LogP contribution in [0, 0.1) is 5.82 Å². The lowest BCUT2D eigenvalue weighted by atomic mass is 9.90. The molecule has 1 aromatic carbocycles. The number of carbonyl (C=O) groups excluding carboxylic acids is 1. The largest absolute Gasteiger partial charge is 0.479 e. The van der Waals surface area contributed by atoms with Crippen LogP contribution in [0.5, 0.6) is 5.88 Å². The van der Waals surface area contributed by atoms with Crippen LogP contribution in [-0.2, 0) is 9.53 Å². The van der Waals surface area contributed by atoms with Crippen molar-refractivity contribution >= 4 is 11.9 Å². The molecule has 0 aliphatic carbocycles. The lowest BCUT2D eigenvalue weighted by molar-refractivity contribution is -0.139. The summed E-state index contributed by atoms with van der Waals surface area (Å²) < 4.78 is 24.4. The SMILES string of the molecule is CC.COc1nc(N2CCC3(CC2)OC2CCCN2C3=O)ncc1F.c1ccccc1. The lowest BCUT2D eigenvalue weighted by Crippen LogP contribution is -2.50. The van der Waals surface area contributed by atoms with E-state index in [1.165, 1.54) is 7.11 Å². The number of fused-ring (bicyclic) bond motifs is 1. The zero-order valence-electron chi connectivity index (χ0n) is 18.5. The number of benzene rings is 1. The number of hydrogen-bond acceptors (Lipinski definition) is 6. The topological polar surface area (TPSA) is 67.8 Å². The fourth-order valence-corrected chi connectivity index (χ4v) is 4.09. The average molecular weight is 431 g/mol. The predicted molar refractivity (Wildman–Crippen MR) is 116 cm³/mol. The van der Waals surface area contributed by atoms with Crippen molar-refractivity contribution < 1.29 is 18.7 Å². The van der Waals surface area contributed by atoms with E-state index in [0.717, 1.165) is 25.6 Å². The second-order valence-corrected chi connectivity index (χ2v) is 7.38. The van der Waals surface area contributed by atoms with Gasteiger partial charge >= 0.3 is 0 Å². The molecule has 0 bridgehead atoms. The Kier molecular flexibility index (Phi) is 7.79. The molecule has 1 atom stereocenters. The number of aromatic nitrogens is 2. The number of ether oxygens (including phenoxy) is 2. The first-order chi connectivity index (χ1) is 15.1. The van der Waals surface area contributed by atoms with Gasteiger partial charge in [-0.05, 0) is 12.8 Å². The Morgan fingerprint density at radius 2 is 1.71 bits per heavy atom.